The van der Waals surface area contributed by atoms with E-state index in [0.29, 0.717) is 0 Å². The molecule has 0 radical (unpaired) electrons. The molecule has 108 valence electrons. The van der Waals surface area contributed by atoms with Gasteiger partial charge in [-0.2, -0.15) is 5.10 Å². The lowest BCUT2D eigenvalue weighted by Crippen LogP contribution is -2.16. The molecule has 2 N–H and O–H groups in total. The molecule has 0 aliphatic heterocycles. The summed E-state index contributed by atoms with van der Waals surface area (Å²) in [5, 5.41) is 4.57. The van der Waals surface area contributed by atoms with E-state index in [0.717, 1.165) is 37.9 Å². The maximum atomic E-state index is 6.34. The third-order valence-corrected chi connectivity index (χ3v) is 3.73. The largest absolute Gasteiger partial charge is 0.323 e. The minimum atomic E-state index is 0.0893. The SMILES string of the molecule is CCc1cc(C(N)CCCc2ccccc2)n(CC)n1. The highest BCUT2D eigenvalue weighted by atomic mass is 15.3. The van der Waals surface area contributed by atoms with Crippen LogP contribution in [0.5, 0.6) is 0 Å². The summed E-state index contributed by atoms with van der Waals surface area (Å²) in [6, 6.07) is 12.8. The van der Waals surface area contributed by atoms with Crippen LogP contribution in [-0.4, -0.2) is 9.78 Å². The second-order valence-corrected chi connectivity index (χ2v) is 5.21. The van der Waals surface area contributed by atoms with E-state index < -0.39 is 0 Å². The topological polar surface area (TPSA) is 43.8 Å². The predicted octanol–water partition coefficient (Wildman–Crippen LogP) is 3.49. The fourth-order valence-electron chi connectivity index (χ4n) is 2.53. The van der Waals surface area contributed by atoms with E-state index in [9.17, 15) is 0 Å². The van der Waals surface area contributed by atoms with Gasteiger partial charge in [0.15, 0.2) is 0 Å². The lowest BCUT2D eigenvalue weighted by Gasteiger charge is -2.13. The number of hydrogen-bond acceptors (Lipinski definition) is 2. The lowest BCUT2D eigenvalue weighted by molar-refractivity contribution is 0.531. The average Bonchev–Trinajstić information content (AvgIpc) is 2.91. The Morgan fingerprint density at radius 2 is 1.95 bits per heavy atom. The van der Waals surface area contributed by atoms with Crippen LogP contribution in [0.1, 0.15) is 49.7 Å². The van der Waals surface area contributed by atoms with E-state index in [1.807, 2.05) is 4.68 Å². The van der Waals surface area contributed by atoms with E-state index in [1.165, 1.54) is 11.3 Å². The highest BCUT2D eigenvalue weighted by Gasteiger charge is 2.13. The summed E-state index contributed by atoms with van der Waals surface area (Å²) in [6.45, 7) is 5.14. The minimum Gasteiger partial charge on any atom is -0.323 e. The van der Waals surface area contributed by atoms with Gasteiger partial charge in [-0.3, -0.25) is 4.68 Å². The Bertz CT molecular complexity index is 516. The highest BCUT2D eigenvalue weighted by molar-refractivity contribution is 5.16. The second-order valence-electron chi connectivity index (χ2n) is 5.21. The zero-order chi connectivity index (χ0) is 14.4. The molecule has 0 saturated carbocycles. The fourth-order valence-corrected chi connectivity index (χ4v) is 2.53. The molecule has 0 saturated heterocycles. The van der Waals surface area contributed by atoms with Crippen LogP contribution >= 0.6 is 0 Å². The lowest BCUT2D eigenvalue weighted by atomic mass is 10.0. The maximum Gasteiger partial charge on any atom is 0.0625 e. The van der Waals surface area contributed by atoms with Crippen molar-refractivity contribution in [2.75, 3.05) is 0 Å². The van der Waals surface area contributed by atoms with Gasteiger partial charge in [0.1, 0.15) is 0 Å². The summed E-state index contributed by atoms with van der Waals surface area (Å²) >= 11 is 0. The van der Waals surface area contributed by atoms with Crippen LogP contribution in [0.3, 0.4) is 0 Å². The standard InChI is InChI=1S/C17H25N3/c1-3-15-13-17(20(4-2)19-15)16(18)12-8-11-14-9-6-5-7-10-14/h5-7,9-10,13,16H,3-4,8,11-12,18H2,1-2H3. The van der Waals surface area contributed by atoms with Gasteiger partial charge >= 0.3 is 0 Å². The Morgan fingerprint density at radius 1 is 1.20 bits per heavy atom. The summed E-state index contributed by atoms with van der Waals surface area (Å²) < 4.78 is 2.05. The van der Waals surface area contributed by atoms with Gasteiger partial charge in [-0.15, -0.1) is 0 Å². The molecule has 3 nitrogen and oxygen atoms in total. The van der Waals surface area contributed by atoms with E-state index >= 15 is 0 Å². The van der Waals surface area contributed by atoms with Gasteiger partial charge in [0.25, 0.3) is 0 Å². The van der Waals surface area contributed by atoms with Crippen molar-refractivity contribution in [1.82, 2.24) is 9.78 Å². The van der Waals surface area contributed by atoms with Crippen molar-refractivity contribution < 1.29 is 0 Å². The van der Waals surface area contributed by atoms with Gasteiger partial charge in [0, 0.05) is 12.6 Å². The molecule has 0 amide bonds. The summed E-state index contributed by atoms with van der Waals surface area (Å²) in [4.78, 5) is 0. The third-order valence-electron chi connectivity index (χ3n) is 3.73. The van der Waals surface area contributed by atoms with E-state index in [2.05, 4.69) is 55.3 Å². The first-order valence-corrected chi connectivity index (χ1v) is 7.60. The molecular formula is C17H25N3. The van der Waals surface area contributed by atoms with Gasteiger partial charge in [-0.1, -0.05) is 37.3 Å². The van der Waals surface area contributed by atoms with E-state index in [-0.39, 0.29) is 6.04 Å². The summed E-state index contributed by atoms with van der Waals surface area (Å²) in [6.07, 6.45) is 4.18. The van der Waals surface area contributed by atoms with Crippen LogP contribution in [0.4, 0.5) is 0 Å². The smallest absolute Gasteiger partial charge is 0.0625 e. The van der Waals surface area contributed by atoms with Gasteiger partial charge < -0.3 is 5.73 Å². The Hall–Kier alpha value is -1.61. The first kappa shape index (κ1) is 14.8. The Labute approximate surface area is 121 Å². The molecule has 2 rings (SSSR count). The van der Waals surface area contributed by atoms with Crippen LogP contribution in [0, 0.1) is 0 Å². The first-order valence-electron chi connectivity index (χ1n) is 7.60. The number of aryl methyl sites for hydroxylation is 3. The van der Waals surface area contributed by atoms with E-state index in [1.54, 1.807) is 0 Å². The van der Waals surface area contributed by atoms with Gasteiger partial charge in [-0.05, 0) is 44.2 Å². The molecule has 0 bridgehead atoms. The van der Waals surface area contributed by atoms with Crippen molar-refractivity contribution in [1.29, 1.82) is 0 Å². The fraction of sp³-hybridized carbons (Fsp3) is 0.471. The molecule has 1 atom stereocenters. The van der Waals surface area contributed by atoms with Gasteiger partial charge in [0.05, 0.1) is 11.4 Å². The van der Waals surface area contributed by atoms with Crippen molar-refractivity contribution in [3.8, 4) is 0 Å². The first-order chi connectivity index (χ1) is 9.74. The third kappa shape index (κ3) is 3.70. The molecule has 0 aliphatic rings. The molecule has 1 unspecified atom stereocenters. The van der Waals surface area contributed by atoms with Crippen LogP contribution in [0.15, 0.2) is 36.4 Å². The number of hydrogen-bond donors (Lipinski definition) is 1. The quantitative estimate of drug-likeness (QED) is 0.837. The summed E-state index contributed by atoms with van der Waals surface area (Å²) in [5.74, 6) is 0. The zero-order valence-corrected chi connectivity index (χ0v) is 12.5. The molecular weight excluding hydrogens is 246 g/mol. The van der Waals surface area contributed by atoms with Gasteiger partial charge in [0.2, 0.25) is 0 Å². The predicted molar refractivity (Wildman–Crippen MR) is 83.6 cm³/mol. The molecule has 3 heteroatoms. The van der Waals surface area contributed by atoms with Crippen LogP contribution < -0.4 is 5.73 Å². The molecule has 2 aromatic rings. The Balaban J connectivity index is 1.91. The number of nitrogens with zero attached hydrogens (tertiary/aromatic N) is 2. The van der Waals surface area contributed by atoms with Gasteiger partial charge in [-0.25, -0.2) is 0 Å². The minimum absolute atomic E-state index is 0.0893. The molecule has 0 spiro atoms. The molecule has 1 heterocycles. The monoisotopic (exact) mass is 271 g/mol. The van der Waals surface area contributed by atoms with Crippen molar-refractivity contribution in [2.24, 2.45) is 5.73 Å². The van der Waals surface area contributed by atoms with Crippen LogP contribution in [-0.2, 0) is 19.4 Å². The maximum absolute atomic E-state index is 6.34. The van der Waals surface area contributed by atoms with Crippen molar-refractivity contribution in [3.63, 3.8) is 0 Å². The number of benzene rings is 1. The Kier molecular flexibility index (Phi) is 5.36. The number of aromatic nitrogens is 2. The molecule has 1 aromatic carbocycles. The number of rotatable bonds is 7. The van der Waals surface area contributed by atoms with Crippen molar-refractivity contribution in [2.45, 2.75) is 52.1 Å². The molecule has 1 aromatic heterocycles. The zero-order valence-electron chi connectivity index (χ0n) is 12.5. The second kappa shape index (κ2) is 7.25. The average molecular weight is 271 g/mol. The van der Waals surface area contributed by atoms with E-state index in [4.69, 9.17) is 5.73 Å². The Morgan fingerprint density at radius 3 is 2.60 bits per heavy atom. The molecule has 20 heavy (non-hydrogen) atoms. The molecule has 0 fully saturated rings. The van der Waals surface area contributed by atoms with Crippen molar-refractivity contribution in [3.05, 3.63) is 53.3 Å². The summed E-state index contributed by atoms with van der Waals surface area (Å²) in [7, 11) is 0. The highest BCUT2D eigenvalue weighted by Crippen LogP contribution is 2.19. The summed E-state index contributed by atoms with van der Waals surface area (Å²) in [5.41, 5.74) is 10.0. The molecule has 0 aliphatic carbocycles. The van der Waals surface area contributed by atoms with Crippen molar-refractivity contribution >= 4 is 0 Å². The normalized spacial score (nSPS) is 12.6. The van der Waals surface area contributed by atoms with Crippen LogP contribution in [0.2, 0.25) is 0 Å². The van der Waals surface area contributed by atoms with Crippen LogP contribution in [0.25, 0.3) is 0 Å². The number of nitrogens with two attached hydrogens (primary N) is 1.